The summed E-state index contributed by atoms with van der Waals surface area (Å²) in [6.07, 6.45) is 0. The lowest BCUT2D eigenvalue weighted by molar-refractivity contribution is 0.597. The highest BCUT2D eigenvalue weighted by Crippen LogP contribution is 2.19. The third-order valence-electron chi connectivity index (χ3n) is 3.58. The van der Waals surface area contributed by atoms with Gasteiger partial charge in [0.1, 0.15) is 5.82 Å². The van der Waals surface area contributed by atoms with Crippen LogP contribution in [-0.2, 0) is 20.6 Å². The molecule has 0 N–H and O–H groups in total. The van der Waals surface area contributed by atoms with Crippen molar-refractivity contribution in [1.82, 2.24) is 18.7 Å². The van der Waals surface area contributed by atoms with Gasteiger partial charge in [0.05, 0.1) is 6.54 Å². The van der Waals surface area contributed by atoms with E-state index in [1.54, 1.807) is 29.8 Å². The second kappa shape index (κ2) is 5.20. The van der Waals surface area contributed by atoms with Gasteiger partial charge >= 0.3 is 5.69 Å². The summed E-state index contributed by atoms with van der Waals surface area (Å²) in [5.41, 5.74) is 0.0115. The summed E-state index contributed by atoms with van der Waals surface area (Å²) in [4.78, 5) is 28.4. The molecule has 0 fully saturated rings. The molecule has 114 valence electrons. The third-order valence-corrected chi connectivity index (χ3v) is 4.18. The molecule has 0 unspecified atom stereocenters. The van der Waals surface area contributed by atoms with Gasteiger partial charge in [0.15, 0.2) is 15.9 Å². The number of hydrogen-bond acceptors (Lipinski definition) is 3. The van der Waals surface area contributed by atoms with Gasteiger partial charge in [-0.3, -0.25) is 18.5 Å². The van der Waals surface area contributed by atoms with Crippen LogP contribution in [0, 0.1) is 5.82 Å². The number of hydrogen-bond donors (Lipinski definition) is 0. The van der Waals surface area contributed by atoms with Crippen molar-refractivity contribution in [2.75, 3.05) is 0 Å². The number of nitrogens with zero attached hydrogens (tertiary/aromatic N) is 4. The van der Waals surface area contributed by atoms with Crippen molar-refractivity contribution in [2.45, 2.75) is 6.54 Å². The molecule has 0 aliphatic heterocycles. The Morgan fingerprint density at radius 1 is 1.18 bits per heavy atom. The predicted octanol–water partition coefficient (Wildman–Crippen LogP) is 1.38. The van der Waals surface area contributed by atoms with E-state index in [1.807, 2.05) is 0 Å². The number of aryl methyl sites for hydroxylation is 1. The van der Waals surface area contributed by atoms with Crippen LogP contribution in [0.2, 0.25) is 0 Å². The van der Waals surface area contributed by atoms with E-state index in [1.165, 1.54) is 17.7 Å². The van der Waals surface area contributed by atoms with E-state index < -0.39 is 11.2 Å². The van der Waals surface area contributed by atoms with Crippen molar-refractivity contribution in [1.29, 1.82) is 0 Å². The lowest BCUT2D eigenvalue weighted by Crippen LogP contribution is -2.37. The van der Waals surface area contributed by atoms with Gasteiger partial charge in [-0.1, -0.05) is 18.2 Å². The molecular formula is C14H12BrFN4O2. The van der Waals surface area contributed by atoms with Crippen LogP contribution >= 0.6 is 15.9 Å². The maximum atomic E-state index is 13.9. The summed E-state index contributed by atoms with van der Waals surface area (Å²) >= 11 is 3.27. The third kappa shape index (κ3) is 2.10. The monoisotopic (exact) mass is 366 g/mol. The van der Waals surface area contributed by atoms with Crippen LogP contribution in [0.15, 0.2) is 38.6 Å². The number of fused-ring (bicyclic) bond motifs is 1. The van der Waals surface area contributed by atoms with Crippen molar-refractivity contribution < 1.29 is 4.39 Å². The normalized spacial score (nSPS) is 11.3. The summed E-state index contributed by atoms with van der Waals surface area (Å²) in [6, 6.07) is 6.34. The molecule has 6 nitrogen and oxygen atoms in total. The van der Waals surface area contributed by atoms with E-state index in [-0.39, 0.29) is 17.9 Å². The van der Waals surface area contributed by atoms with Crippen LogP contribution in [0.5, 0.6) is 0 Å². The molecule has 3 rings (SSSR count). The van der Waals surface area contributed by atoms with Gasteiger partial charge < -0.3 is 0 Å². The zero-order valence-electron chi connectivity index (χ0n) is 11.9. The van der Waals surface area contributed by atoms with Crippen LogP contribution in [0.1, 0.15) is 5.56 Å². The van der Waals surface area contributed by atoms with Gasteiger partial charge in [-0.2, -0.15) is 0 Å². The zero-order chi connectivity index (χ0) is 16.0. The average molecular weight is 367 g/mol. The molecule has 0 radical (unpaired) electrons. The number of imidazole rings is 1. The summed E-state index contributed by atoms with van der Waals surface area (Å²) in [6.45, 7) is 0.157. The molecular weight excluding hydrogens is 355 g/mol. The first kappa shape index (κ1) is 14.7. The van der Waals surface area contributed by atoms with Crippen molar-refractivity contribution in [3.8, 4) is 0 Å². The minimum absolute atomic E-state index is 0.157. The number of aromatic nitrogens is 4. The van der Waals surface area contributed by atoms with Gasteiger partial charge in [-0.05, 0) is 22.0 Å². The van der Waals surface area contributed by atoms with Crippen molar-refractivity contribution in [3.05, 3.63) is 61.2 Å². The van der Waals surface area contributed by atoms with Crippen LogP contribution in [-0.4, -0.2) is 18.7 Å². The van der Waals surface area contributed by atoms with Gasteiger partial charge in [-0.15, -0.1) is 0 Å². The highest BCUT2D eigenvalue weighted by Gasteiger charge is 2.18. The first-order chi connectivity index (χ1) is 10.4. The fourth-order valence-electron chi connectivity index (χ4n) is 2.40. The van der Waals surface area contributed by atoms with E-state index in [9.17, 15) is 14.0 Å². The Balaban J connectivity index is 2.32. The fraction of sp³-hybridized carbons (Fsp3) is 0.214. The molecule has 1 aromatic carbocycles. The molecule has 22 heavy (non-hydrogen) atoms. The molecule has 0 saturated heterocycles. The van der Waals surface area contributed by atoms with Crippen LogP contribution in [0.3, 0.4) is 0 Å². The van der Waals surface area contributed by atoms with E-state index >= 15 is 0 Å². The van der Waals surface area contributed by atoms with E-state index in [0.29, 0.717) is 15.9 Å². The standard InChI is InChI=1S/C14H12BrFN4O2/c1-18-11-10(12(21)19(2)14(18)22)17-13(15)20(11)7-8-5-3-4-6-9(8)16/h3-6H,7H2,1-2H3. The smallest absolute Gasteiger partial charge is 0.300 e. The quantitative estimate of drug-likeness (QED) is 0.643. The first-order valence-electron chi connectivity index (χ1n) is 6.47. The van der Waals surface area contributed by atoms with Gasteiger partial charge in [0.2, 0.25) is 0 Å². The van der Waals surface area contributed by atoms with E-state index in [0.717, 1.165) is 4.57 Å². The minimum Gasteiger partial charge on any atom is -0.300 e. The Morgan fingerprint density at radius 3 is 2.55 bits per heavy atom. The number of rotatable bonds is 2. The lowest BCUT2D eigenvalue weighted by Gasteiger charge is -2.10. The number of benzene rings is 1. The Hall–Kier alpha value is -2.22. The molecule has 8 heteroatoms. The molecule has 2 heterocycles. The maximum Gasteiger partial charge on any atom is 0.332 e. The zero-order valence-corrected chi connectivity index (χ0v) is 13.5. The lowest BCUT2D eigenvalue weighted by atomic mass is 10.2. The molecule has 0 amide bonds. The second-order valence-electron chi connectivity index (χ2n) is 4.94. The van der Waals surface area contributed by atoms with Crippen molar-refractivity contribution >= 4 is 27.1 Å². The van der Waals surface area contributed by atoms with E-state index in [2.05, 4.69) is 20.9 Å². The highest BCUT2D eigenvalue weighted by atomic mass is 79.9. The molecule has 0 aliphatic rings. The fourth-order valence-corrected chi connectivity index (χ4v) is 2.87. The maximum absolute atomic E-state index is 13.9. The number of halogens is 2. The molecule has 0 aliphatic carbocycles. The summed E-state index contributed by atoms with van der Waals surface area (Å²) in [5, 5.41) is 0. The molecule has 0 atom stereocenters. The molecule has 0 bridgehead atoms. The topological polar surface area (TPSA) is 61.8 Å². The SMILES string of the molecule is Cn1c(=O)c2nc(Br)n(Cc3ccccc3F)c2n(C)c1=O. The minimum atomic E-state index is -0.480. The van der Waals surface area contributed by atoms with Crippen LogP contribution in [0.25, 0.3) is 11.2 Å². The Kier molecular flexibility index (Phi) is 3.48. The second-order valence-corrected chi connectivity index (χ2v) is 5.65. The van der Waals surface area contributed by atoms with Gasteiger partial charge in [0.25, 0.3) is 5.56 Å². The van der Waals surface area contributed by atoms with Crippen LogP contribution < -0.4 is 11.2 Å². The van der Waals surface area contributed by atoms with Crippen molar-refractivity contribution in [3.63, 3.8) is 0 Å². The predicted molar refractivity (Wildman–Crippen MR) is 83.4 cm³/mol. The van der Waals surface area contributed by atoms with Gasteiger partial charge in [0, 0.05) is 19.7 Å². The Morgan fingerprint density at radius 2 is 1.86 bits per heavy atom. The highest BCUT2D eigenvalue weighted by molar-refractivity contribution is 9.10. The molecule has 3 aromatic rings. The largest absolute Gasteiger partial charge is 0.332 e. The average Bonchev–Trinajstić information content (AvgIpc) is 2.82. The first-order valence-corrected chi connectivity index (χ1v) is 7.26. The Labute approximate surface area is 132 Å². The molecule has 2 aromatic heterocycles. The summed E-state index contributed by atoms with van der Waals surface area (Å²) in [5.74, 6) is -0.356. The Bertz CT molecular complexity index is 1000. The molecule has 0 spiro atoms. The van der Waals surface area contributed by atoms with Crippen molar-refractivity contribution in [2.24, 2.45) is 14.1 Å². The van der Waals surface area contributed by atoms with Gasteiger partial charge in [-0.25, -0.2) is 14.2 Å². The molecule has 0 saturated carbocycles. The summed E-state index contributed by atoms with van der Waals surface area (Å²) < 4.78 is 18.1. The van der Waals surface area contributed by atoms with E-state index in [4.69, 9.17) is 0 Å². The summed E-state index contributed by atoms with van der Waals surface area (Å²) in [7, 11) is 2.95. The van der Waals surface area contributed by atoms with Crippen LogP contribution in [0.4, 0.5) is 4.39 Å².